The normalized spacial score (nSPS) is 16.7. The van der Waals surface area contributed by atoms with E-state index in [0.717, 1.165) is 12.6 Å². The number of hydrogen-bond acceptors (Lipinski definition) is 1. The number of rotatable bonds is 5. The molecule has 1 atom stereocenters. The summed E-state index contributed by atoms with van der Waals surface area (Å²) in [4.78, 5) is 0. The van der Waals surface area contributed by atoms with E-state index >= 15 is 0 Å². The Bertz CT molecular complexity index is 119. The molecule has 0 amide bonds. The Hall–Kier alpha value is 0.710. The molecule has 1 nitrogen and oxygen atoms in total. The van der Waals surface area contributed by atoms with E-state index in [9.17, 15) is 4.57 Å². The molecule has 1 unspecified atom stereocenters. The maximum Gasteiger partial charge on any atom is 0.145 e. The summed E-state index contributed by atoms with van der Waals surface area (Å²) in [6.45, 7) is 3.97. The van der Waals surface area contributed by atoms with Gasteiger partial charge in [0.15, 0.2) is 0 Å². The topological polar surface area (TPSA) is 17.1 Å². The van der Waals surface area contributed by atoms with Crippen molar-refractivity contribution in [2.45, 2.75) is 32.6 Å². The first-order valence-electron chi connectivity index (χ1n) is 3.82. The molecule has 0 heterocycles. The maximum atomic E-state index is 11.1. The molecule has 0 aromatic heterocycles. The molecule has 0 radical (unpaired) electrons. The summed E-state index contributed by atoms with van der Waals surface area (Å²) in [5.74, 6) is -1.89. The van der Waals surface area contributed by atoms with Crippen LogP contribution in [0.1, 0.15) is 32.6 Å². The van der Waals surface area contributed by atoms with Crippen LogP contribution in [0.2, 0.25) is 0 Å². The van der Waals surface area contributed by atoms with E-state index in [0.29, 0.717) is 0 Å². The molecule has 3 heteroatoms. The van der Waals surface area contributed by atoms with E-state index in [4.69, 9.17) is 0 Å². The lowest BCUT2D eigenvalue weighted by atomic mass is 10.2. The second-order valence-electron chi connectivity index (χ2n) is 2.77. The van der Waals surface area contributed by atoms with E-state index in [-0.39, 0.29) is 0 Å². The molecule has 10 heavy (non-hydrogen) atoms. The highest BCUT2D eigenvalue weighted by molar-refractivity contribution is 9.40. The van der Waals surface area contributed by atoms with Gasteiger partial charge in [0.2, 0.25) is 0 Å². The van der Waals surface area contributed by atoms with E-state index in [1.165, 1.54) is 19.3 Å². The van der Waals surface area contributed by atoms with E-state index < -0.39 is 5.84 Å². The minimum Gasteiger partial charge on any atom is -0.312 e. The fraction of sp³-hybridized carbons (Fsp3) is 1.00. The quantitative estimate of drug-likeness (QED) is 0.514. The molecule has 0 aliphatic rings. The zero-order chi connectivity index (χ0) is 8.04. The highest BCUT2D eigenvalue weighted by Gasteiger charge is 2.07. The molecule has 0 aromatic carbocycles. The van der Waals surface area contributed by atoms with Crippen LogP contribution in [0.4, 0.5) is 0 Å². The van der Waals surface area contributed by atoms with Crippen molar-refractivity contribution >= 4 is 21.3 Å². The highest BCUT2D eigenvalue weighted by Crippen LogP contribution is 2.50. The SMILES string of the molecule is CCCCCCP(C)(=O)Br. The van der Waals surface area contributed by atoms with Crippen LogP contribution >= 0.6 is 21.3 Å². The third-order valence-electron chi connectivity index (χ3n) is 1.41. The van der Waals surface area contributed by atoms with Crippen LogP contribution in [0.5, 0.6) is 0 Å². The lowest BCUT2D eigenvalue weighted by Gasteiger charge is -2.02. The van der Waals surface area contributed by atoms with Crippen LogP contribution in [-0.4, -0.2) is 12.8 Å². The molecule has 0 rings (SSSR count). The number of halogens is 1. The van der Waals surface area contributed by atoms with Gasteiger partial charge in [-0.2, -0.15) is 0 Å². The maximum absolute atomic E-state index is 11.1. The number of unbranched alkanes of at least 4 members (excludes halogenated alkanes) is 3. The Morgan fingerprint density at radius 2 is 1.90 bits per heavy atom. The van der Waals surface area contributed by atoms with Gasteiger partial charge in [-0.1, -0.05) is 26.2 Å². The van der Waals surface area contributed by atoms with Crippen molar-refractivity contribution in [3.8, 4) is 0 Å². The molecule has 0 fully saturated rings. The van der Waals surface area contributed by atoms with Gasteiger partial charge >= 0.3 is 0 Å². The Balaban J connectivity index is 3.13. The van der Waals surface area contributed by atoms with Crippen molar-refractivity contribution < 1.29 is 4.57 Å². The Morgan fingerprint density at radius 3 is 2.30 bits per heavy atom. The molecule has 0 saturated heterocycles. The van der Waals surface area contributed by atoms with Crippen molar-refractivity contribution in [1.29, 1.82) is 0 Å². The van der Waals surface area contributed by atoms with Crippen LogP contribution in [0.15, 0.2) is 0 Å². The van der Waals surface area contributed by atoms with Crippen LogP contribution in [0.25, 0.3) is 0 Å². The van der Waals surface area contributed by atoms with E-state index in [2.05, 4.69) is 22.4 Å². The lowest BCUT2D eigenvalue weighted by Crippen LogP contribution is -1.82. The Kier molecular flexibility index (Phi) is 5.75. The zero-order valence-electron chi connectivity index (χ0n) is 6.77. The third-order valence-corrected chi connectivity index (χ3v) is 3.59. The fourth-order valence-electron chi connectivity index (χ4n) is 0.821. The first-order valence-corrected chi connectivity index (χ1v) is 8.18. The Morgan fingerprint density at radius 1 is 1.30 bits per heavy atom. The zero-order valence-corrected chi connectivity index (χ0v) is 9.25. The molecule has 0 aromatic rings. The predicted octanol–water partition coefficient (Wildman–Crippen LogP) is 3.87. The molecule has 0 aliphatic heterocycles. The average Bonchev–Trinajstić information content (AvgIpc) is 1.78. The van der Waals surface area contributed by atoms with Gasteiger partial charge in [0.25, 0.3) is 0 Å². The van der Waals surface area contributed by atoms with Crippen LogP contribution in [-0.2, 0) is 4.57 Å². The van der Waals surface area contributed by atoms with Gasteiger partial charge in [-0.25, -0.2) is 0 Å². The minimum absolute atomic E-state index is 0.854. The van der Waals surface area contributed by atoms with Gasteiger partial charge in [0.1, 0.15) is 5.84 Å². The molecule has 0 aliphatic carbocycles. The van der Waals surface area contributed by atoms with Gasteiger partial charge in [-0.3, -0.25) is 0 Å². The second-order valence-corrected chi connectivity index (χ2v) is 9.69. The van der Waals surface area contributed by atoms with Crippen molar-refractivity contribution in [3.05, 3.63) is 0 Å². The molecular formula is C7H16BrOP. The van der Waals surface area contributed by atoms with Crippen molar-refractivity contribution in [1.82, 2.24) is 0 Å². The first-order chi connectivity index (χ1) is 4.56. The summed E-state index contributed by atoms with van der Waals surface area (Å²) < 4.78 is 11.1. The van der Waals surface area contributed by atoms with Crippen molar-refractivity contribution in [2.24, 2.45) is 0 Å². The average molecular weight is 227 g/mol. The lowest BCUT2D eigenvalue weighted by molar-refractivity contribution is 0.585. The molecular weight excluding hydrogens is 211 g/mol. The molecule has 0 bridgehead atoms. The summed E-state index contributed by atoms with van der Waals surface area (Å²) >= 11 is 3.19. The highest BCUT2D eigenvalue weighted by atomic mass is 79.9. The summed E-state index contributed by atoms with van der Waals surface area (Å²) in [6.07, 6.45) is 5.70. The molecule has 0 N–H and O–H groups in total. The largest absolute Gasteiger partial charge is 0.312 e. The second kappa shape index (κ2) is 5.37. The van der Waals surface area contributed by atoms with Crippen molar-refractivity contribution in [2.75, 3.05) is 12.8 Å². The monoisotopic (exact) mass is 226 g/mol. The van der Waals surface area contributed by atoms with Crippen LogP contribution in [0.3, 0.4) is 0 Å². The van der Waals surface area contributed by atoms with Gasteiger partial charge in [-0.15, -0.1) is 0 Å². The summed E-state index contributed by atoms with van der Waals surface area (Å²) in [5, 5.41) is 0. The molecule has 0 saturated carbocycles. The molecule has 62 valence electrons. The smallest absolute Gasteiger partial charge is 0.145 e. The van der Waals surface area contributed by atoms with Gasteiger partial charge in [-0.05, 0) is 28.6 Å². The number of hydrogen-bond donors (Lipinski definition) is 0. The van der Waals surface area contributed by atoms with E-state index in [1.807, 2.05) is 0 Å². The first kappa shape index (κ1) is 10.7. The van der Waals surface area contributed by atoms with Gasteiger partial charge in [0.05, 0.1) is 0 Å². The summed E-state index contributed by atoms with van der Waals surface area (Å²) in [6, 6.07) is 0. The fourth-order valence-corrected chi connectivity index (χ4v) is 2.36. The predicted molar refractivity (Wildman–Crippen MR) is 51.5 cm³/mol. The third kappa shape index (κ3) is 8.71. The molecule has 0 spiro atoms. The van der Waals surface area contributed by atoms with E-state index in [1.54, 1.807) is 6.66 Å². The van der Waals surface area contributed by atoms with Crippen LogP contribution in [0, 0.1) is 0 Å². The minimum atomic E-state index is -1.89. The summed E-state index contributed by atoms with van der Waals surface area (Å²) in [5.41, 5.74) is 0. The standard InChI is InChI=1S/C7H16BrOP/c1-3-4-5-6-7-10(2,8)9/h3-7H2,1-2H3. The summed E-state index contributed by atoms with van der Waals surface area (Å²) in [7, 11) is 0. The van der Waals surface area contributed by atoms with Crippen LogP contribution < -0.4 is 0 Å². The van der Waals surface area contributed by atoms with Gasteiger partial charge in [0, 0.05) is 6.16 Å². The Labute approximate surface area is 71.7 Å². The van der Waals surface area contributed by atoms with Gasteiger partial charge < -0.3 is 4.57 Å². The van der Waals surface area contributed by atoms with Crippen molar-refractivity contribution in [3.63, 3.8) is 0 Å².